The maximum absolute atomic E-state index is 9.01. The zero-order chi connectivity index (χ0) is 14.7. The van der Waals surface area contributed by atoms with Gasteiger partial charge in [-0.25, -0.2) is 4.98 Å². The van der Waals surface area contributed by atoms with Crippen LogP contribution >= 0.6 is 0 Å². The molecule has 2 aromatic rings. The molecule has 0 radical (unpaired) electrons. The van der Waals surface area contributed by atoms with Gasteiger partial charge in [-0.1, -0.05) is 18.2 Å². The van der Waals surface area contributed by atoms with Crippen molar-refractivity contribution in [3.8, 4) is 6.07 Å². The topological polar surface area (TPSA) is 49.1 Å². The fraction of sp³-hybridized carbons (Fsp3) is 0.294. The molecule has 1 unspecified atom stereocenters. The molecule has 1 saturated heterocycles. The third-order valence-corrected chi connectivity index (χ3v) is 3.65. The van der Waals surface area contributed by atoms with Crippen molar-refractivity contribution in [1.29, 1.82) is 5.26 Å². The van der Waals surface area contributed by atoms with E-state index in [9.17, 15) is 0 Å². The molecule has 2 heterocycles. The Morgan fingerprint density at radius 3 is 2.95 bits per heavy atom. The van der Waals surface area contributed by atoms with Crippen molar-refractivity contribution in [3.63, 3.8) is 0 Å². The molecule has 21 heavy (non-hydrogen) atoms. The van der Waals surface area contributed by atoms with Gasteiger partial charge >= 0.3 is 0 Å². The molecule has 4 heteroatoms. The Morgan fingerprint density at radius 2 is 2.14 bits per heavy atom. The summed E-state index contributed by atoms with van der Waals surface area (Å²) in [6.45, 7) is 4.26. The predicted octanol–water partition coefficient (Wildman–Crippen LogP) is 2.84. The van der Waals surface area contributed by atoms with Gasteiger partial charge in [-0.05, 0) is 36.8 Å². The molecule has 1 aliphatic heterocycles. The number of anilines is 1. The molecule has 1 aromatic heterocycles. The van der Waals surface area contributed by atoms with Crippen LogP contribution in [0.25, 0.3) is 0 Å². The first-order valence-corrected chi connectivity index (χ1v) is 7.06. The van der Waals surface area contributed by atoms with Crippen LogP contribution in [0.3, 0.4) is 0 Å². The lowest BCUT2D eigenvalue weighted by Gasteiger charge is -2.34. The van der Waals surface area contributed by atoms with Crippen molar-refractivity contribution in [2.24, 2.45) is 0 Å². The maximum atomic E-state index is 9.01. The Morgan fingerprint density at radius 1 is 1.29 bits per heavy atom. The number of pyridine rings is 1. The van der Waals surface area contributed by atoms with Crippen molar-refractivity contribution in [3.05, 3.63) is 59.3 Å². The molecule has 106 valence electrons. The lowest BCUT2D eigenvalue weighted by atomic mass is 10.0. The van der Waals surface area contributed by atoms with Gasteiger partial charge in [-0.2, -0.15) is 5.26 Å². The maximum Gasteiger partial charge on any atom is 0.128 e. The van der Waals surface area contributed by atoms with E-state index in [-0.39, 0.29) is 6.10 Å². The smallest absolute Gasteiger partial charge is 0.128 e. The second-order valence-electron chi connectivity index (χ2n) is 5.18. The fourth-order valence-corrected chi connectivity index (χ4v) is 2.57. The minimum absolute atomic E-state index is 0.0191. The Hall–Kier alpha value is -2.38. The van der Waals surface area contributed by atoms with Crippen molar-refractivity contribution in [1.82, 2.24) is 4.98 Å². The highest BCUT2D eigenvalue weighted by Crippen LogP contribution is 2.25. The molecule has 0 aliphatic carbocycles. The summed E-state index contributed by atoms with van der Waals surface area (Å²) in [6.07, 6.45) is -0.0191. The molecule has 0 amide bonds. The van der Waals surface area contributed by atoms with Crippen molar-refractivity contribution in [2.75, 3.05) is 24.6 Å². The summed E-state index contributed by atoms with van der Waals surface area (Å²) in [5.41, 5.74) is 2.73. The average Bonchev–Trinajstić information content (AvgIpc) is 2.55. The molecular formula is C17H17N3O. The fourth-order valence-electron chi connectivity index (χ4n) is 2.57. The lowest BCUT2D eigenvalue weighted by Crippen LogP contribution is -2.38. The van der Waals surface area contributed by atoms with E-state index >= 15 is 0 Å². The van der Waals surface area contributed by atoms with E-state index in [1.54, 1.807) is 0 Å². The van der Waals surface area contributed by atoms with E-state index in [1.807, 2.05) is 49.4 Å². The molecule has 4 nitrogen and oxygen atoms in total. The Labute approximate surface area is 124 Å². The van der Waals surface area contributed by atoms with Crippen LogP contribution in [-0.2, 0) is 4.74 Å². The van der Waals surface area contributed by atoms with E-state index < -0.39 is 0 Å². The Balaban J connectivity index is 1.81. The molecule has 0 N–H and O–H groups in total. The van der Waals surface area contributed by atoms with E-state index in [0.717, 1.165) is 30.2 Å². The second-order valence-corrected chi connectivity index (χ2v) is 5.18. The quantitative estimate of drug-likeness (QED) is 0.848. The van der Waals surface area contributed by atoms with Gasteiger partial charge in [0, 0.05) is 18.8 Å². The zero-order valence-corrected chi connectivity index (χ0v) is 12.0. The molecule has 0 spiro atoms. The molecule has 1 atom stereocenters. The van der Waals surface area contributed by atoms with Crippen LogP contribution in [-0.4, -0.2) is 24.7 Å². The van der Waals surface area contributed by atoms with Crippen LogP contribution < -0.4 is 4.90 Å². The highest BCUT2D eigenvalue weighted by Gasteiger charge is 2.23. The number of benzene rings is 1. The molecule has 0 bridgehead atoms. The number of morpholine rings is 1. The summed E-state index contributed by atoms with van der Waals surface area (Å²) >= 11 is 0. The van der Waals surface area contributed by atoms with E-state index in [4.69, 9.17) is 10.00 Å². The minimum atomic E-state index is -0.0191. The van der Waals surface area contributed by atoms with E-state index in [2.05, 4.69) is 16.0 Å². The van der Waals surface area contributed by atoms with Crippen LogP contribution in [0.15, 0.2) is 42.5 Å². The van der Waals surface area contributed by atoms with Crippen LogP contribution in [0.2, 0.25) is 0 Å². The number of hydrogen-bond donors (Lipinski definition) is 0. The largest absolute Gasteiger partial charge is 0.370 e. The average molecular weight is 279 g/mol. The molecule has 1 aromatic carbocycles. The molecule has 0 saturated carbocycles. The third-order valence-electron chi connectivity index (χ3n) is 3.65. The lowest BCUT2D eigenvalue weighted by molar-refractivity contribution is 0.0395. The number of nitrogens with zero attached hydrogens (tertiary/aromatic N) is 3. The summed E-state index contributed by atoms with van der Waals surface area (Å²) in [4.78, 5) is 6.81. The first-order valence-electron chi connectivity index (χ1n) is 7.06. The van der Waals surface area contributed by atoms with Gasteiger partial charge in [0.15, 0.2) is 0 Å². The van der Waals surface area contributed by atoms with Crippen LogP contribution in [0.4, 0.5) is 5.82 Å². The summed E-state index contributed by atoms with van der Waals surface area (Å²) in [6, 6.07) is 15.9. The number of aromatic nitrogens is 1. The number of hydrogen-bond acceptors (Lipinski definition) is 4. The van der Waals surface area contributed by atoms with E-state index in [1.165, 1.54) is 0 Å². The van der Waals surface area contributed by atoms with Crippen molar-refractivity contribution < 1.29 is 4.74 Å². The van der Waals surface area contributed by atoms with Crippen LogP contribution in [0, 0.1) is 18.3 Å². The molecule has 3 rings (SSSR count). The van der Waals surface area contributed by atoms with Gasteiger partial charge < -0.3 is 9.64 Å². The van der Waals surface area contributed by atoms with Gasteiger partial charge in [-0.15, -0.1) is 0 Å². The first kappa shape index (κ1) is 13.6. The predicted molar refractivity (Wildman–Crippen MR) is 81.0 cm³/mol. The van der Waals surface area contributed by atoms with E-state index in [0.29, 0.717) is 12.2 Å². The first-order chi connectivity index (χ1) is 10.3. The van der Waals surface area contributed by atoms with Crippen molar-refractivity contribution in [2.45, 2.75) is 13.0 Å². The summed E-state index contributed by atoms with van der Waals surface area (Å²) in [7, 11) is 0. The number of ether oxygens (including phenoxy) is 1. The van der Waals surface area contributed by atoms with Crippen LogP contribution in [0.5, 0.6) is 0 Å². The highest BCUT2D eigenvalue weighted by atomic mass is 16.5. The number of aryl methyl sites for hydroxylation is 1. The number of rotatable bonds is 2. The van der Waals surface area contributed by atoms with Gasteiger partial charge in [0.25, 0.3) is 0 Å². The standard InChI is InChI=1S/C17H17N3O/c1-13-4-2-7-17(19-13)20-8-9-21-16(12-20)15-6-3-5-14(10-15)11-18/h2-7,10,16H,8-9,12H2,1H3. The molecule has 1 aliphatic rings. The number of nitriles is 1. The SMILES string of the molecule is Cc1cccc(N2CCOC(c3cccc(C#N)c3)C2)n1. The monoisotopic (exact) mass is 279 g/mol. The molecular weight excluding hydrogens is 262 g/mol. The van der Waals surface area contributed by atoms with Crippen molar-refractivity contribution >= 4 is 5.82 Å². The summed E-state index contributed by atoms with van der Waals surface area (Å²) in [5.74, 6) is 0.986. The van der Waals surface area contributed by atoms with Gasteiger partial charge in [0.05, 0.1) is 18.2 Å². The third kappa shape index (κ3) is 3.04. The van der Waals surface area contributed by atoms with Gasteiger partial charge in [0.1, 0.15) is 11.9 Å². The highest BCUT2D eigenvalue weighted by molar-refractivity contribution is 5.41. The minimum Gasteiger partial charge on any atom is -0.370 e. The Bertz CT molecular complexity index is 678. The van der Waals surface area contributed by atoms with Gasteiger partial charge in [0.2, 0.25) is 0 Å². The Kier molecular flexibility index (Phi) is 3.85. The van der Waals surface area contributed by atoms with Gasteiger partial charge in [-0.3, -0.25) is 0 Å². The zero-order valence-electron chi connectivity index (χ0n) is 12.0. The second kappa shape index (κ2) is 5.94. The molecule has 1 fully saturated rings. The van der Waals surface area contributed by atoms with Crippen LogP contribution in [0.1, 0.15) is 22.9 Å². The summed E-state index contributed by atoms with van der Waals surface area (Å²) < 4.78 is 5.87. The summed E-state index contributed by atoms with van der Waals surface area (Å²) in [5, 5.41) is 9.01. The normalized spacial score (nSPS) is 18.3.